The molecule has 1 aromatic rings. The molecule has 1 aromatic heterocycles. The summed E-state index contributed by atoms with van der Waals surface area (Å²) in [5.74, 6) is 1.73. The van der Waals surface area contributed by atoms with Gasteiger partial charge in [-0.1, -0.05) is 20.8 Å². The van der Waals surface area contributed by atoms with Crippen LogP contribution in [0.1, 0.15) is 74.2 Å². The molecule has 0 radical (unpaired) electrons. The van der Waals surface area contributed by atoms with E-state index < -0.39 is 0 Å². The van der Waals surface area contributed by atoms with Crippen LogP contribution in [0.3, 0.4) is 0 Å². The molecule has 2 unspecified atom stereocenters. The van der Waals surface area contributed by atoms with Crippen molar-refractivity contribution < 1.29 is 4.79 Å². The molecule has 0 aromatic carbocycles. The van der Waals surface area contributed by atoms with Gasteiger partial charge in [0, 0.05) is 12.1 Å². The van der Waals surface area contributed by atoms with Gasteiger partial charge in [-0.15, -0.1) is 0 Å². The highest BCUT2D eigenvalue weighted by atomic mass is 16.1. The number of rotatable bonds is 3. The number of hydrogen-bond acceptors (Lipinski definition) is 2. The fourth-order valence-corrected chi connectivity index (χ4v) is 3.70. The summed E-state index contributed by atoms with van der Waals surface area (Å²) >= 11 is 0. The normalized spacial score (nSPS) is 27.5. The maximum atomic E-state index is 12.0. The zero-order valence-corrected chi connectivity index (χ0v) is 12.9. The Kier molecular flexibility index (Phi) is 4.12. The molecule has 106 valence electrons. The second-order valence-electron chi connectivity index (χ2n) is 6.34. The molecule has 0 amide bonds. The predicted octanol–water partition coefficient (Wildman–Crippen LogP) is 4.09. The van der Waals surface area contributed by atoms with Crippen molar-refractivity contribution >= 4 is 5.78 Å². The van der Waals surface area contributed by atoms with Crippen LogP contribution in [0, 0.1) is 25.7 Å². The number of aromatic nitrogens is 2. The Bertz CT molecular complexity index is 465. The quantitative estimate of drug-likeness (QED) is 0.769. The number of carbonyl (C=O) groups excluding carboxylic acids is 1. The number of hydrogen-bond donors (Lipinski definition) is 0. The molecule has 0 aliphatic heterocycles. The van der Waals surface area contributed by atoms with Crippen LogP contribution in [0.2, 0.25) is 0 Å². The molecule has 1 heterocycles. The van der Waals surface area contributed by atoms with Gasteiger partial charge in [-0.05, 0) is 44.9 Å². The summed E-state index contributed by atoms with van der Waals surface area (Å²) in [6.45, 7) is 10.6. The van der Waals surface area contributed by atoms with Crippen molar-refractivity contribution in [3.63, 3.8) is 0 Å². The molecule has 3 heteroatoms. The van der Waals surface area contributed by atoms with Gasteiger partial charge in [0.1, 0.15) is 0 Å². The van der Waals surface area contributed by atoms with Crippen molar-refractivity contribution in [2.24, 2.45) is 11.8 Å². The molecule has 1 aliphatic rings. The van der Waals surface area contributed by atoms with Crippen LogP contribution in [0.5, 0.6) is 0 Å². The van der Waals surface area contributed by atoms with E-state index in [1.165, 1.54) is 19.3 Å². The Balaban J connectivity index is 2.33. The Morgan fingerprint density at radius 2 is 1.79 bits per heavy atom. The lowest BCUT2D eigenvalue weighted by Crippen LogP contribution is -2.24. The van der Waals surface area contributed by atoms with E-state index in [9.17, 15) is 4.79 Å². The lowest BCUT2D eigenvalue weighted by Gasteiger charge is -2.32. The third-order valence-electron chi connectivity index (χ3n) is 4.42. The summed E-state index contributed by atoms with van der Waals surface area (Å²) in [5, 5.41) is 4.67. The van der Waals surface area contributed by atoms with Crippen LogP contribution < -0.4 is 0 Å². The molecule has 0 saturated heterocycles. The first-order valence-electron chi connectivity index (χ1n) is 7.52. The molecule has 1 saturated carbocycles. The molecule has 2 atom stereocenters. The van der Waals surface area contributed by atoms with Crippen molar-refractivity contribution in [2.45, 2.75) is 66.3 Å². The van der Waals surface area contributed by atoms with Gasteiger partial charge in [0.25, 0.3) is 0 Å². The van der Waals surface area contributed by atoms with Gasteiger partial charge in [-0.25, -0.2) is 0 Å². The van der Waals surface area contributed by atoms with Crippen molar-refractivity contribution in [3.8, 4) is 0 Å². The van der Waals surface area contributed by atoms with E-state index in [2.05, 4.69) is 23.6 Å². The molecule has 0 bridgehead atoms. The summed E-state index contributed by atoms with van der Waals surface area (Å²) in [4.78, 5) is 12.0. The van der Waals surface area contributed by atoms with E-state index in [4.69, 9.17) is 0 Å². The Morgan fingerprint density at radius 1 is 1.21 bits per heavy atom. The van der Waals surface area contributed by atoms with E-state index in [0.717, 1.165) is 28.8 Å². The average Bonchev–Trinajstić information content (AvgIpc) is 2.63. The lowest BCUT2D eigenvalue weighted by molar-refractivity contribution is 0.0986. The van der Waals surface area contributed by atoms with Gasteiger partial charge >= 0.3 is 0 Å². The molecule has 2 rings (SSSR count). The summed E-state index contributed by atoms with van der Waals surface area (Å²) in [6, 6.07) is 0.468. The minimum Gasteiger partial charge on any atom is -0.294 e. The minimum atomic E-state index is 0.221. The molecular formula is C16H26N2O. The highest BCUT2D eigenvalue weighted by Gasteiger charge is 2.28. The second-order valence-corrected chi connectivity index (χ2v) is 6.34. The van der Waals surface area contributed by atoms with Gasteiger partial charge < -0.3 is 0 Å². The van der Waals surface area contributed by atoms with Crippen molar-refractivity contribution in [1.29, 1.82) is 0 Å². The second kappa shape index (κ2) is 5.48. The third-order valence-corrected chi connectivity index (χ3v) is 4.42. The van der Waals surface area contributed by atoms with Gasteiger partial charge in [0.15, 0.2) is 5.78 Å². The molecular weight excluding hydrogens is 236 g/mol. The van der Waals surface area contributed by atoms with Crippen molar-refractivity contribution in [2.75, 3.05) is 0 Å². The zero-order valence-electron chi connectivity index (χ0n) is 12.9. The maximum Gasteiger partial charge on any atom is 0.166 e. The molecule has 3 nitrogen and oxygen atoms in total. The van der Waals surface area contributed by atoms with Crippen LogP contribution in [0.15, 0.2) is 0 Å². The monoisotopic (exact) mass is 262 g/mol. The average molecular weight is 262 g/mol. The number of aryl methyl sites for hydroxylation is 1. The summed E-state index contributed by atoms with van der Waals surface area (Å²) in [7, 11) is 0. The number of ketones is 1. The number of carbonyl (C=O) groups is 1. The number of nitrogens with zero attached hydrogens (tertiary/aromatic N) is 2. The standard InChI is InChI=1S/C16H26N2O/c1-6-15(19)16-12(4)17-18(13(16)5)14-8-10(2)7-11(3)9-14/h10-11,14H,6-9H2,1-5H3. The molecule has 19 heavy (non-hydrogen) atoms. The van der Waals surface area contributed by atoms with Crippen LogP contribution in [-0.4, -0.2) is 15.6 Å². The van der Waals surface area contributed by atoms with Crippen LogP contribution in [-0.2, 0) is 0 Å². The fourth-order valence-electron chi connectivity index (χ4n) is 3.70. The largest absolute Gasteiger partial charge is 0.294 e. The van der Waals surface area contributed by atoms with Crippen molar-refractivity contribution in [1.82, 2.24) is 9.78 Å². The predicted molar refractivity (Wildman–Crippen MR) is 77.5 cm³/mol. The highest BCUT2D eigenvalue weighted by Crippen LogP contribution is 2.36. The maximum absolute atomic E-state index is 12.0. The first kappa shape index (κ1) is 14.3. The Labute approximate surface area is 116 Å². The van der Waals surface area contributed by atoms with Gasteiger partial charge in [0.2, 0.25) is 0 Å². The molecule has 1 aliphatic carbocycles. The van der Waals surface area contributed by atoms with Crippen LogP contribution in [0.25, 0.3) is 0 Å². The van der Waals surface area contributed by atoms with E-state index in [0.29, 0.717) is 12.5 Å². The minimum absolute atomic E-state index is 0.221. The topological polar surface area (TPSA) is 34.9 Å². The van der Waals surface area contributed by atoms with E-state index in [1.54, 1.807) is 0 Å². The summed E-state index contributed by atoms with van der Waals surface area (Å²) < 4.78 is 2.13. The highest BCUT2D eigenvalue weighted by molar-refractivity contribution is 5.97. The van der Waals surface area contributed by atoms with Crippen LogP contribution >= 0.6 is 0 Å². The fraction of sp³-hybridized carbons (Fsp3) is 0.750. The van der Waals surface area contributed by atoms with E-state index >= 15 is 0 Å². The molecule has 0 N–H and O–H groups in total. The van der Waals surface area contributed by atoms with E-state index in [-0.39, 0.29) is 5.78 Å². The van der Waals surface area contributed by atoms with E-state index in [1.807, 2.05) is 20.8 Å². The summed E-state index contributed by atoms with van der Waals surface area (Å²) in [6.07, 6.45) is 4.25. The Morgan fingerprint density at radius 3 is 2.32 bits per heavy atom. The molecule has 1 fully saturated rings. The first-order chi connectivity index (χ1) is 8.93. The third kappa shape index (κ3) is 2.75. The van der Waals surface area contributed by atoms with Gasteiger partial charge in [-0.2, -0.15) is 5.10 Å². The first-order valence-corrected chi connectivity index (χ1v) is 7.52. The van der Waals surface area contributed by atoms with Gasteiger partial charge in [0.05, 0.1) is 17.3 Å². The smallest absolute Gasteiger partial charge is 0.166 e. The van der Waals surface area contributed by atoms with Crippen LogP contribution in [0.4, 0.5) is 0 Å². The van der Waals surface area contributed by atoms with Gasteiger partial charge in [-0.3, -0.25) is 9.48 Å². The number of Topliss-reactive ketones (excluding diaryl/α,β-unsaturated/α-hetero) is 1. The Hall–Kier alpha value is -1.12. The lowest BCUT2D eigenvalue weighted by atomic mass is 9.80. The molecule has 0 spiro atoms. The zero-order chi connectivity index (χ0) is 14.2. The SMILES string of the molecule is CCC(=O)c1c(C)nn(C2CC(C)CC(C)C2)c1C. The van der Waals surface area contributed by atoms with Crippen molar-refractivity contribution in [3.05, 3.63) is 17.0 Å². The summed E-state index contributed by atoms with van der Waals surface area (Å²) in [5.41, 5.74) is 2.82.